The van der Waals surface area contributed by atoms with Crippen LogP contribution in [0, 0.1) is 0 Å². The second-order valence-corrected chi connectivity index (χ2v) is 5.35. The summed E-state index contributed by atoms with van der Waals surface area (Å²) in [5.41, 5.74) is 0.944. The van der Waals surface area contributed by atoms with E-state index in [1.54, 1.807) is 36.4 Å². The van der Waals surface area contributed by atoms with E-state index >= 15 is 0 Å². The Labute approximate surface area is 133 Å². The third kappa shape index (κ3) is 2.70. The summed E-state index contributed by atoms with van der Waals surface area (Å²) in [5.74, 6) is 0.128. The molecule has 0 N–H and O–H groups in total. The first-order valence-corrected chi connectivity index (χ1v) is 7.39. The van der Waals surface area contributed by atoms with Crippen molar-refractivity contribution >= 4 is 23.4 Å². The molecule has 2 aromatic carbocycles. The van der Waals surface area contributed by atoms with Crippen molar-refractivity contribution in [2.75, 3.05) is 13.2 Å². The van der Waals surface area contributed by atoms with E-state index in [2.05, 4.69) is 0 Å². The highest BCUT2D eigenvalue weighted by atomic mass is 35.5. The fourth-order valence-corrected chi connectivity index (χ4v) is 2.60. The van der Waals surface area contributed by atoms with Gasteiger partial charge in [-0.25, -0.2) is 0 Å². The van der Waals surface area contributed by atoms with Gasteiger partial charge in [0.05, 0.1) is 22.8 Å². The standard InChI is InChI=1S/C17H14ClNO3/c18-14-8-3-4-9-15(14)22-11-5-10-19-16(20)12-6-1-2-7-13(12)17(19)21/h1-4,6-9H,5,10-11H2. The molecule has 0 spiro atoms. The molecule has 0 aliphatic carbocycles. The SMILES string of the molecule is O=C1c2ccccc2C(=O)N1CCCOc1ccccc1Cl. The second kappa shape index (κ2) is 6.20. The number of amides is 2. The largest absolute Gasteiger partial charge is 0.492 e. The normalized spacial score (nSPS) is 13.4. The Morgan fingerprint density at radius 3 is 2.14 bits per heavy atom. The van der Waals surface area contributed by atoms with Crippen molar-refractivity contribution in [2.45, 2.75) is 6.42 Å². The van der Waals surface area contributed by atoms with Crippen LogP contribution < -0.4 is 4.74 Å². The van der Waals surface area contributed by atoms with E-state index < -0.39 is 0 Å². The number of ether oxygens (including phenoxy) is 1. The maximum absolute atomic E-state index is 12.2. The fourth-order valence-electron chi connectivity index (χ4n) is 2.41. The maximum atomic E-state index is 12.2. The first-order chi connectivity index (χ1) is 10.7. The third-order valence-electron chi connectivity index (χ3n) is 3.50. The predicted octanol–water partition coefficient (Wildman–Crippen LogP) is 3.41. The van der Waals surface area contributed by atoms with Crippen LogP contribution in [-0.2, 0) is 0 Å². The number of carbonyl (C=O) groups excluding carboxylic acids is 2. The molecule has 4 nitrogen and oxygen atoms in total. The molecule has 0 radical (unpaired) electrons. The average Bonchev–Trinajstić information content (AvgIpc) is 2.78. The minimum absolute atomic E-state index is 0.238. The number of nitrogens with zero attached hydrogens (tertiary/aromatic N) is 1. The zero-order valence-electron chi connectivity index (χ0n) is 11.8. The van der Waals surface area contributed by atoms with E-state index in [0.29, 0.717) is 41.5 Å². The van der Waals surface area contributed by atoms with Crippen molar-refractivity contribution < 1.29 is 14.3 Å². The molecule has 0 atom stereocenters. The molecule has 112 valence electrons. The van der Waals surface area contributed by atoms with Gasteiger partial charge in [-0.05, 0) is 30.7 Å². The van der Waals surface area contributed by atoms with Crippen molar-refractivity contribution in [3.05, 3.63) is 64.7 Å². The summed E-state index contributed by atoms with van der Waals surface area (Å²) in [5, 5.41) is 0.545. The number of para-hydroxylation sites is 1. The van der Waals surface area contributed by atoms with Crippen LogP contribution in [0.3, 0.4) is 0 Å². The van der Waals surface area contributed by atoms with Crippen LogP contribution in [0.4, 0.5) is 0 Å². The molecule has 3 rings (SSSR count). The van der Waals surface area contributed by atoms with Gasteiger partial charge in [0.1, 0.15) is 5.75 Å². The lowest BCUT2D eigenvalue weighted by Crippen LogP contribution is -2.31. The number of halogens is 1. The molecular formula is C17H14ClNO3. The average molecular weight is 316 g/mol. The number of benzene rings is 2. The zero-order valence-corrected chi connectivity index (χ0v) is 12.5. The summed E-state index contributed by atoms with van der Waals surface area (Å²) in [4.78, 5) is 25.6. The van der Waals surface area contributed by atoms with E-state index in [9.17, 15) is 9.59 Å². The van der Waals surface area contributed by atoms with Crippen molar-refractivity contribution in [3.63, 3.8) is 0 Å². The number of hydrogen-bond donors (Lipinski definition) is 0. The quantitative estimate of drug-likeness (QED) is 0.627. The number of carbonyl (C=O) groups is 2. The van der Waals surface area contributed by atoms with E-state index in [4.69, 9.17) is 16.3 Å². The topological polar surface area (TPSA) is 46.6 Å². The monoisotopic (exact) mass is 315 g/mol. The minimum atomic E-state index is -0.238. The molecule has 1 aliphatic heterocycles. The van der Waals surface area contributed by atoms with Crippen LogP contribution in [0.5, 0.6) is 5.75 Å². The molecule has 2 aromatic rings. The van der Waals surface area contributed by atoms with Gasteiger partial charge in [-0.15, -0.1) is 0 Å². The van der Waals surface area contributed by atoms with Crippen molar-refractivity contribution in [2.24, 2.45) is 0 Å². The van der Waals surface area contributed by atoms with E-state index in [1.165, 1.54) is 4.90 Å². The van der Waals surface area contributed by atoms with Crippen LogP contribution in [0.2, 0.25) is 5.02 Å². The van der Waals surface area contributed by atoms with Crippen LogP contribution in [0.25, 0.3) is 0 Å². The van der Waals surface area contributed by atoms with Crippen LogP contribution in [0.15, 0.2) is 48.5 Å². The summed E-state index contributed by atoms with van der Waals surface area (Å²) >= 11 is 5.99. The van der Waals surface area contributed by atoms with Gasteiger partial charge < -0.3 is 4.74 Å². The highest BCUT2D eigenvalue weighted by molar-refractivity contribution is 6.32. The number of fused-ring (bicyclic) bond motifs is 1. The molecule has 0 fully saturated rings. The lowest BCUT2D eigenvalue weighted by molar-refractivity contribution is 0.0647. The maximum Gasteiger partial charge on any atom is 0.261 e. The summed E-state index contributed by atoms with van der Waals surface area (Å²) in [6.07, 6.45) is 0.552. The Morgan fingerprint density at radius 1 is 0.909 bits per heavy atom. The molecule has 1 heterocycles. The molecule has 5 heteroatoms. The Balaban J connectivity index is 1.56. The Morgan fingerprint density at radius 2 is 1.50 bits per heavy atom. The summed E-state index contributed by atoms with van der Waals surface area (Å²) in [6.45, 7) is 0.716. The lowest BCUT2D eigenvalue weighted by Gasteiger charge is -2.14. The summed E-state index contributed by atoms with van der Waals surface area (Å²) in [6, 6.07) is 14.1. The van der Waals surface area contributed by atoms with Crippen LogP contribution >= 0.6 is 11.6 Å². The first-order valence-electron chi connectivity index (χ1n) is 7.01. The smallest absolute Gasteiger partial charge is 0.261 e. The van der Waals surface area contributed by atoms with Gasteiger partial charge in [0.25, 0.3) is 11.8 Å². The molecule has 1 aliphatic rings. The van der Waals surface area contributed by atoms with Gasteiger partial charge in [-0.3, -0.25) is 14.5 Å². The molecule has 0 bridgehead atoms. The van der Waals surface area contributed by atoms with E-state index in [0.717, 1.165) is 0 Å². The van der Waals surface area contributed by atoms with Crippen LogP contribution in [-0.4, -0.2) is 29.9 Å². The third-order valence-corrected chi connectivity index (χ3v) is 3.81. The van der Waals surface area contributed by atoms with Crippen molar-refractivity contribution in [1.29, 1.82) is 0 Å². The molecule has 0 saturated heterocycles. The highest BCUT2D eigenvalue weighted by Gasteiger charge is 2.34. The molecule has 22 heavy (non-hydrogen) atoms. The van der Waals surface area contributed by atoms with E-state index in [-0.39, 0.29) is 11.8 Å². The molecule has 0 saturated carbocycles. The Hall–Kier alpha value is -2.33. The van der Waals surface area contributed by atoms with Gasteiger partial charge in [-0.1, -0.05) is 35.9 Å². The molecular weight excluding hydrogens is 302 g/mol. The fraction of sp³-hybridized carbons (Fsp3) is 0.176. The van der Waals surface area contributed by atoms with Gasteiger partial charge in [-0.2, -0.15) is 0 Å². The molecule has 0 aromatic heterocycles. The highest BCUT2D eigenvalue weighted by Crippen LogP contribution is 2.24. The zero-order chi connectivity index (χ0) is 15.5. The summed E-state index contributed by atoms with van der Waals surface area (Å²) < 4.78 is 5.56. The molecule has 2 amide bonds. The Kier molecular flexibility index (Phi) is 4.11. The minimum Gasteiger partial charge on any atom is -0.492 e. The van der Waals surface area contributed by atoms with Gasteiger partial charge in [0.2, 0.25) is 0 Å². The summed E-state index contributed by atoms with van der Waals surface area (Å²) in [7, 11) is 0. The molecule has 0 unspecified atom stereocenters. The second-order valence-electron chi connectivity index (χ2n) is 4.94. The van der Waals surface area contributed by atoms with Gasteiger partial charge in [0.15, 0.2) is 0 Å². The number of imide groups is 1. The Bertz CT molecular complexity index is 694. The van der Waals surface area contributed by atoms with Gasteiger partial charge in [0, 0.05) is 6.54 Å². The number of hydrogen-bond acceptors (Lipinski definition) is 3. The lowest BCUT2D eigenvalue weighted by atomic mass is 10.1. The number of rotatable bonds is 5. The van der Waals surface area contributed by atoms with Crippen molar-refractivity contribution in [1.82, 2.24) is 4.90 Å². The first kappa shape index (κ1) is 14.6. The van der Waals surface area contributed by atoms with Gasteiger partial charge >= 0.3 is 0 Å². The van der Waals surface area contributed by atoms with E-state index in [1.807, 2.05) is 12.1 Å². The van der Waals surface area contributed by atoms with Crippen LogP contribution in [0.1, 0.15) is 27.1 Å². The van der Waals surface area contributed by atoms with Crippen molar-refractivity contribution in [3.8, 4) is 5.75 Å². The predicted molar refractivity (Wildman–Crippen MR) is 83.4 cm³/mol.